The van der Waals surface area contributed by atoms with E-state index in [0.717, 1.165) is 5.57 Å². The van der Waals surface area contributed by atoms with Crippen molar-refractivity contribution in [2.45, 2.75) is 25.6 Å². The van der Waals surface area contributed by atoms with E-state index in [9.17, 15) is 13.2 Å². The first-order valence-corrected chi connectivity index (χ1v) is 4.61. The molecule has 82 valence electrons. The maximum atomic E-state index is 12.5. The standard InChI is InChI=1S/C9H15F3N2/c1-7-2-4-14(5-3-7)8(6-13)9(10,11)12/h2,8H,3-6,13H2,1H3. The minimum absolute atomic E-state index is 0.354. The van der Waals surface area contributed by atoms with Gasteiger partial charge in [-0.1, -0.05) is 11.6 Å². The number of alkyl halides is 3. The minimum atomic E-state index is -4.21. The molecule has 1 unspecified atom stereocenters. The zero-order valence-electron chi connectivity index (χ0n) is 8.14. The Bertz CT molecular complexity index is 223. The maximum absolute atomic E-state index is 12.5. The van der Waals surface area contributed by atoms with Gasteiger partial charge < -0.3 is 5.73 Å². The smallest absolute Gasteiger partial charge is 0.329 e. The summed E-state index contributed by atoms with van der Waals surface area (Å²) in [6, 6.07) is -1.49. The van der Waals surface area contributed by atoms with Crippen LogP contribution in [0.5, 0.6) is 0 Å². The molecular weight excluding hydrogens is 193 g/mol. The van der Waals surface area contributed by atoms with Crippen LogP contribution in [0.25, 0.3) is 0 Å². The van der Waals surface area contributed by atoms with Gasteiger partial charge >= 0.3 is 6.18 Å². The Morgan fingerprint density at radius 2 is 2.21 bits per heavy atom. The Hall–Kier alpha value is -0.550. The van der Waals surface area contributed by atoms with Gasteiger partial charge in [-0.05, 0) is 13.3 Å². The van der Waals surface area contributed by atoms with Crippen LogP contribution in [-0.2, 0) is 0 Å². The van der Waals surface area contributed by atoms with Crippen LogP contribution >= 0.6 is 0 Å². The van der Waals surface area contributed by atoms with Crippen molar-refractivity contribution in [3.63, 3.8) is 0 Å². The second-order valence-electron chi connectivity index (χ2n) is 3.59. The van der Waals surface area contributed by atoms with Crippen LogP contribution in [-0.4, -0.2) is 36.8 Å². The second kappa shape index (κ2) is 4.31. The number of nitrogens with zero attached hydrogens (tertiary/aromatic N) is 1. The molecule has 0 saturated carbocycles. The largest absolute Gasteiger partial charge is 0.405 e. The van der Waals surface area contributed by atoms with E-state index >= 15 is 0 Å². The van der Waals surface area contributed by atoms with Gasteiger partial charge in [0.2, 0.25) is 0 Å². The minimum Gasteiger partial charge on any atom is -0.329 e. The van der Waals surface area contributed by atoms with E-state index in [0.29, 0.717) is 19.5 Å². The molecule has 0 aromatic carbocycles. The van der Waals surface area contributed by atoms with E-state index in [1.807, 2.05) is 13.0 Å². The molecule has 14 heavy (non-hydrogen) atoms. The van der Waals surface area contributed by atoms with Gasteiger partial charge in [-0.15, -0.1) is 0 Å². The highest BCUT2D eigenvalue weighted by Gasteiger charge is 2.42. The molecule has 1 atom stereocenters. The summed E-state index contributed by atoms with van der Waals surface area (Å²) in [4.78, 5) is 1.38. The topological polar surface area (TPSA) is 29.3 Å². The molecule has 0 spiro atoms. The van der Waals surface area contributed by atoms with Gasteiger partial charge in [-0.25, -0.2) is 0 Å². The molecule has 5 heteroatoms. The van der Waals surface area contributed by atoms with Gasteiger partial charge in [0, 0.05) is 19.6 Å². The van der Waals surface area contributed by atoms with Gasteiger partial charge in [0.15, 0.2) is 0 Å². The first-order chi connectivity index (χ1) is 6.45. The van der Waals surface area contributed by atoms with E-state index in [1.54, 1.807) is 0 Å². The maximum Gasteiger partial charge on any atom is 0.405 e. The van der Waals surface area contributed by atoms with Crippen molar-refractivity contribution < 1.29 is 13.2 Å². The lowest BCUT2D eigenvalue weighted by atomic mass is 10.1. The fourth-order valence-corrected chi connectivity index (χ4v) is 1.56. The molecule has 0 radical (unpaired) electrons. The van der Waals surface area contributed by atoms with Crippen LogP contribution in [0.3, 0.4) is 0 Å². The van der Waals surface area contributed by atoms with Gasteiger partial charge in [-0.2, -0.15) is 13.2 Å². The van der Waals surface area contributed by atoms with Crippen LogP contribution in [0.15, 0.2) is 11.6 Å². The highest BCUT2D eigenvalue weighted by atomic mass is 19.4. The predicted molar refractivity (Wildman–Crippen MR) is 48.8 cm³/mol. The normalized spacial score (nSPS) is 21.9. The molecule has 0 aliphatic carbocycles. The molecule has 1 heterocycles. The summed E-state index contributed by atoms with van der Waals surface area (Å²) in [5.41, 5.74) is 6.29. The number of halogens is 3. The first-order valence-electron chi connectivity index (χ1n) is 4.61. The van der Waals surface area contributed by atoms with Crippen LogP contribution in [0.1, 0.15) is 13.3 Å². The van der Waals surface area contributed by atoms with E-state index in [-0.39, 0.29) is 6.54 Å². The Kier molecular flexibility index (Phi) is 3.55. The molecule has 0 amide bonds. The fourth-order valence-electron chi connectivity index (χ4n) is 1.56. The third-order valence-electron chi connectivity index (χ3n) is 2.51. The molecule has 2 N–H and O–H groups in total. The van der Waals surface area contributed by atoms with Crippen LogP contribution in [0.2, 0.25) is 0 Å². The van der Waals surface area contributed by atoms with Gasteiger partial charge in [-0.3, -0.25) is 4.90 Å². The number of hydrogen-bond acceptors (Lipinski definition) is 2. The third-order valence-corrected chi connectivity index (χ3v) is 2.51. The highest BCUT2D eigenvalue weighted by Crippen LogP contribution is 2.26. The van der Waals surface area contributed by atoms with Crippen molar-refractivity contribution in [3.05, 3.63) is 11.6 Å². The lowest BCUT2D eigenvalue weighted by Gasteiger charge is -2.33. The second-order valence-corrected chi connectivity index (χ2v) is 3.59. The van der Waals surface area contributed by atoms with Crippen molar-refractivity contribution in [1.29, 1.82) is 0 Å². The highest BCUT2D eigenvalue weighted by molar-refractivity contribution is 5.05. The van der Waals surface area contributed by atoms with Crippen molar-refractivity contribution >= 4 is 0 Å². The lowest BCUT2D eigenvalue weighted by molar-refractivity contribution is -0.180. The summed E-state index contributed by atoms with van der Waals surface area (Å²) in [7, 11) is 0. The molecule has 0 aromatic rings. The molecule has 2 nitrogen and oxygen atoms in total. The Morgan fingerprint density at radius 3 is 2.57 bits per heavy atom. The third kappa shape index (κ3) is 2.72. The lowest BCUT2D eigenvalue weighted by Crippen LogP contribution is -2.51. The summed E-state index contributed by atoms with van der Waals surface area (Å²) in [5, 5.41) is 0. The van der Waals surface area contributed by atoms with Gasteiger partial charge in [0.25, 0.3) is 0 Å². The zero-order valence-corrected chi connectivity index (χ0v) is 8.14. The van der Waals surface area contributed by atoms with Crippen molar-refractivity contribution in [2.24, 2.45) is 5.73 Å². The zero-order chi connectivity index (χ0) is 10.8. The van der Waals surface area contributed by atoms with E-state index in [4.69, 9.17) is 5.73 Å². The first kappa shape index (κ1) is 11.5. The van der Waals surface area contributed by atoms with Gasteiger partial charge in [0.05, 0.1) is 0 Å². The van der Waals surface area contributed by atoms with E-state index < -0.39 is 12.2 Å². The van der Waals surface area contributed by atoms with Crippen LogP contribution in [0, 0.1) is 0 Å². The average molecular weight is 208 g/mol. The molecule has 0 fully saturated rings. The van der Waals surface area contributed by atoms with Crippen molar-refractivity contribution in [3.8, 4) is 0 Å². The SMILES string of the molecule is CC1=CCN(C(CN)C(F)(F)F)CC1. The van der Waals surface area contributed by atoms with Gasteiger partial charge in [0.1, 0.15) is 6.04 Å². The van der Waals surface area contributed by atoms with Crippen molar-refractivity contribution in [1.82, 2.24) is 4.90 Å². The number of hydrogen-bond donors (Lipinski definition) is 1. The number of nitrogens with two attached hydrogens (primary N) is 1. The summed E-state index contributed by atoms with van der Waals surface area (Å²) in [6.07, 6.45) is -1.68. The fraction of sp³-hybridized carbons (Fsp3) is 0.778. The molecule has 0 bridgehead atoms. The van der Waals surface area contributed by atoms with E-state index in [2.05, 4.69) is 0 Å². The molecule has 1 rings (SSSR count). The molecule has 1 aliphatic rings. The Morgan fingerprint density at radius 1 is 1.57 bits per heavy atom. The Balaban J connectivity index is 2.63. The molecular formula is C9H15F3N2. The monoisotopic (exact) mass is 208 g/mol. The molecule has 1 aliphatic heterocycles. The summed E-state index contributed by atoms with van der Waals surface area (Å²) >= 11 is 0. The molecule has 0 saturated heterocycles. The van der Waals surface area contributed by atoms with Crippen LogP contribution < -0.4 is 5.73 Å². The Labute approximate surface area is 81.6 Å². The summed E-state index contributed by atoms with van der Waals surface area (Å²) in [6.45, 7) is 2.37. The molecule has 0 aromatic heterocycles. The summed E-state index contributed by atoms with van der Waals surface area (Å²) < 4.78 is 37.4. The summed E-state index contributed by atoms with van der Waals surface area (Å²) in [5.74, 6) is 0. The van der Waals surface area contributed by atoms with Crippen LogP contribution in [0.4, 0.5) is 13.2 Å². The average Bonchev–Trinajstić information content (AvgIpc) is 2.07. The number of rotatable bonds is 2. The quantitative estimate of drug-likeness (QED) is 0.697. The van der Waals surface area contributed by atoms with E-state index in [1.165, 1.54) is 4.90 Å². The predicted octanol–water partition coefficient (Wildman–Crippen LogP) is 1.53. The van der Waals surface area contributed by atoms with Crippen molar-refractivity contribution in [2.75, 3.05) is 19.6 Å².